The van der Waals surface area contributed by atoms with Gasteiger partial charge in [0.2, 0.25) is 0 Å². The molecule has 0 heterocycles. The first-order valence-electron chi connectivity index (χ1n) is 13.1. The third-order valence-electron chi connectivity index (χ3n) is 7.66. The van der Waals surface area contributed by atoms with Crippen molar-refractivity contribution in [3.05, 3.63) is 40.3 Å². The van der Waals surface area contributed by atoms with Crippen molar-refractivity contribution in [3.63, 3.8) is 0 Å². The summed E-state index contributed by atoms with van der Waals surface area (Å²) in [5.74, 6) is 0. The minimum atomic E-state index is -4.28. The van der Waals surface area contributed by atoms with Gasteiger partial charge in [0, 0.05) is 0 Å². The second-order valence-electron chi connectivity index (χ2n) is 9.65. The number of alkyl halides is 3. The molecule has 0 saturated heterocycles. The van der Waals surface area contributed by atoms with Crippen molar-refractivity contribution < 1.29 is 13.2 Å². The topological polar surface area (TPSA) is 0 Å². The first-order chi connectivity index (χ1) is 15.2. The first kappa shape index (κ1) is 30.1. The standard InChI is InChI=1S/C15H20F3Ge.3C4H9.Sn/c1-4-19(5-2,6-3)11-10-13-8-7-9-14(12-13)15(16,17)18;3*1-3-4-2;/h7-9,11-12H,4-6H2,1-3H3;3*1,3-4H2,2H3;. The summed E-state index contributed by atoms with van der Waals surface area (Å²) in [6, 6.07) is 6.40. The molecule has 0 spiro atoms. The molecule has 0 aliphatic rings. The van der Waals surface area contributed by atoms with Gasteiger partial charge in [0.05, 0.1) is 0 Å². The van der Waals surface area contributed by atoms with E-state index < -0.39 is 43.4 Å². The molecular formula is C27H47F3GeSn. The van der Waals surface area contributed by atoms with Crippen LogP contribution in [0.25, 0.3) is 3.59 Å². The van der Waals surface area contributed by atoms with Crippen molar-refractivity contribution in [3.8, 4) is 0 Å². The van der Waals surface area contributed by atoms with E-state index in [1.54, 1.807) is 6.07 Å². The molecule has 0 amide bonds. The Kier molecular flexibility index (Phi) is 13.6. The summed E-state index contributed by atoms with van der Waals surface area (Å²) in [4.78, 5) is 2.70. The summed E-state index contributed by atoms with van der Waals surface area (Å²) in [5, 5.41) is 3.69. The van der Waals surface area contributed by atoms with Crippen LogP contribution in [0.4, 0.5) is 13.2 Å². The second-order valence-corrected chi connectivity index (χ2v) is 33.6. The summed E-state index contributed by atoms with van der Waals surface area (Å²) in [7, 11) is 0. The molecule has 1 aromatic carbocycles. The predicted molar refractivity (Wildman–Crippen MR) is 142 cm³/mol. The Bertz CT molecular complexity index is 662. The Morgan fingerprint density at radius 3 is 1.66 bits per heavy atom. The van der Waals surface area contributed by atoms with Gasteiger partial charge in [-0.05, 0) is 0 Å². The van der Waals surface area contributed by atoms with E-state index in [-0.39, 0.29) is 0 Å². The Hall–Kier alpha value is 0.0916. The summed E-state index contributed by atoms with van der Waals surface area (Å²) >= 11 is -5.16. The van der Waals surface area contributed by atoms with Crippen LogP contribution in [0.15, 0.2) is 29.2 Å². The molecule has 0 fully saturated rings. The zero-order valence-corrected chi connectivity index (χ0v) is 26.5. The molecule has 0 unspecified atom stereocenters. The van der Waals surface area contributed by atoms with Crippen LogP contribution >= 0.6 is 0 Å². The molecule has 0 aliphatic carbocycles. The molecule has 32 heavy (non-hydrogen) atoms. The van der Waals surface area contributed by atoms with Crippen LogP contribution in [-0.2, 0) is 6.18 Å². The summed E-state index contributed by atoms with van der Waals surface area (Å²) in [6.07, 6.45) is 2.92. The summed E-state index contributed by atoms with van der Waals surface area (Å²) in [5.41, 5.74) is 0.439. The molecule has 0 aromatic heterocycles. The van der Waals surface area contributed by atoms with E-state index in [0.29, 0.717) is 0 Å². The van der Waals surface area contributed by atoms with Gasteiger partial charge in [-0.3, -0.25) is 0 Å². The summed E-state index contributed by atoms with van der Waals surface area (Å²) < 4.78 is 46.4. The van der Waals surface area contributed by atoms with E-state index in [0.717, 1.165) is 5.56 Å². The monoisotopic (exact) mass is 622 g/mol. The van der Waals surface area contributed by atoms with Gasteiger partial charge in [-0.2, -0.15) is 0 Å². The molecule has 1 rings (SSSR count). The molecular weight excluding hydrogens is 573 g/mol. The number of unbranched alkanes of at least 4 members (excludes halogenated alkanes) is 3. The number of halogens is 3. The van der Waals surface area contributed by atoms with Crippen molar-refractivity contribution in [2.45, 2.75) is 115 Å². The fourth-order valence-electron chi connectivity index (χ4n) is 5.09. The van der Waals surface area contributed by atoms with E-state index in [9.17, 15) is 13.2 Å². The van der Waals surface area contributed by atoms with E-state index in [4.69, 9.17) is 0 Å². The zero-order valence-electron chi connectivity index (χ0n) is 21.5. The van der Waals surface area contributed by atoms with Crippen molar-refractivity contribution in [1.29, 1.82) is 0 Å². The number of hydrogen-bond acceptors (Lipinski definition) is 0. The molecule has 0 atom stereocenters. The van der Waals surface area contributed by atoms with Gasteiger partial charge >= 0.3 is 204 Å². The van der Waals surface area contributed by atoms with Crippen molar-refractivity contribution >= 4 is 35.2 Å². The predicted octanol–water partition coefficient (Wildman–Crippen LogP) is 10.5. The van der Waals surface area contributed by atoms with Crippen molar-refractivity contribution in [2.24, 2.45) is 0 Å². The van der Waals surface area contributed by atoms with Gasteiger partial charge in [0.15, 0.2) is 0 Å². The fourth-order valence-corrected chi connectivity index (χ4v) is 36.3. The van der Waals surface area contributed by atoms with Crippen LogP contribution in [-0.4, -0.2) is 31.6 Å². The Balaban J connectivity index is 3.86. The molecule has 0 N–H and O–H groups in total. The average Bonchev–Trinajstić information content (AvgIpc) is 2.80. The van der Waals surface area contributed by atoms with E-state index in [2.05, 4.69) is 46.5 Å². The Morgan fingerprint density at radius 2 is 1.28 bits per heavy atom. The number of rotatable bonds is 15. The molecule has 0 bridgehead atoms. The maximum atomic E-state index is 13.7. The number of benzene rings is 1. The van der Waals surface area contributed by atoms with Gasteiger partial charge in [0.1, 0.15) is 0 Å². The second kappa shape index (κ2) is 14.5. The SMILES string of the molecule is CCC[CH2][Sn]([CH2]CCC)([CH2]CCC)/[C](=[CH]\[Ge]([CH2]C)([CH2]C)[CH2]C)c1cccc(C(F)(F)F)c1. The van der Waals surface area contributed by atoms with Crippen molar-refractivity contribution in [1.82, 2.24) is 0 Å². The third kappa shape index (κ3) is 8.39. The molecule has 0 radical (unpaired) electrons. The van der Waals surface area contributed by atoms with Crippen molar-refractivity contribution in [2.75, 3.05) is 0 Å². The molecule has 0 nitrogen and oxygen atoms in total. The van der Waals surface area contributed by atoms with E-state index in [1.165, 1.54) is 83.3 Å². The molecule has 5 heteroatoms. The van der Waals surface area contributed by atoms with Crippen LogP contribution < -0.4 is 0 Å². The molecule has 0 aliphatic heterocycles. The van der Waals surface area contributed by atoms with Gasteiger partial charge in [-0.1, -0.05) is 0 Å². The van der Waals surface area contributed by atoms with E-state index in [1.807, 2.05) is 6.07 Å². The third-order valence-corrected chi connectivity index (χ3v) is 35.9. The van der Waals surface area contributed by atoms with Gasteiger partial charge in [-0.25, -0.2) is 0 Å². The molecule has 184 valence electrons. The Labute approximate surface area is 203 Å². The molecule has 0 saturated carbocycles. The summed E-state index contributed by atoms with van der Waals surface area (Å²) in [6.45, 7) is 13.8. The van der Waals surface area contributed by atoms with Crippen LogP contribution in [0, 0.1) is 0 Å². The normalized spacial score (nSPS) is 13.6. The van der Waals surface area contributed by atoms with Gasteiger partial charge < -0.3 is 0 Å². The van der Waals surface area contributed by atoms with Crippen LogP contribution in [0.3, 0.4) is 0 Å². The average molecular weight is 620 g/mol. The first-order valence-corrected chi connectivity index (χ1v) is 26.2. The number of hydrogen-bond donors (Lipinski definition) is 0. The quantitative estimate of drug-likeness (QED) is 0.171. The van der Waals surface area contributed by atoms with Crippen LogP contribution in [0.5, 0.6) is 0 Å². The van der Waals surface area contributed by atoms with Crippen LogP contribution in [0.1, 0.15) is 91.2 Å². The maximum absolute atomic E-state index is 13.7. The van der Waals surface area contributed by atoms with E-state index >= 15 is 0 Å². The fraction of sp³-hybridized carbons (Fsp3) is 0.704. The zero-order chi connectivity index (χ0) is 24.3. The van der Waals surface area contributed by atoms with Crippen LogP contribution in [0.2, 0.25) is 29.1 Å². The molecule has 1 aromatic rings. The minimum absolute atomic E-state index is 0.481. The van der Waals surface area contributed by atoms with Gasteiger partial charge in [0.25, 0.3) is 0 Å². The Morgan fingerprint density at radius 1 is 0.812 bits per heavy atom. The van der Waals surface area contributed by atoms with Gasteiger partial charge in [-0.15, -0.1) is 0 Å².